The van der Waals surface area contributed by atoms with E-state index in [1.807, 2.05) is 6.92 Å². The zero-order valence-corrected chi connectivity index (χ0v) is 23.8. The summed E-state index contributed by atoms with van der Waals surface area (Å²) in [6, 6.07) is 16.9. The van der Waals surface area contributed by atoms with Gasteiger partial charge in [0, 0.05) is 13.6 Å². The van der Waals surface area contributed by atoms with E-state index in [1.165, 1.54) is 43.3 Å². The van der Waals surface area contributed by atoms with E-state index in [9.17, 15) is 18.0 Å². The second kappa shape index (κ2) is 12.5. The minimum absolute atomic E-state index is 0.0173. The molecular weight excluding hydrogens is 549 g/mol. The fourth-order valence-corrected chi connectivity index (χ4v) is 5.67. The van der Waals surface area contributed by atoms with Crippen molar-refractivity contribution in [3.05, 3.63) is 87.9 Å². The monoisotopic (exact) mass is 577 g/mol. The molecule has 0 aliphatic carbocycles. The average molecular weight is 579 g/mol. The molecule has 0 bridgehead atoms. The third-order valence-electron chi connectivity index (χ3n) is 5.99. The first kappa shape index (κ1) is 29.3. The summed E-state index contributed by atoms with van der Waals surface area (Å²) in [7, 11) is -1.26. The van der Waals surface area contributed by atoms with Gasteiger partial charge in [0.25, 0.3) is 10.0 Å². The van der Waals surface area contributed by atoms with Crippen LogP contribution in [-0.2, 0) is 26.2 Å². The highest BCUT2D eigenvalue weighted by molar-refractivity contribution is 7.92. The largest absolute Gasteiger partial charge is 0.497 e. The van der Waals surface area contributed by atoms with Crippen LogP contribution in [0.1, 0.15) is 18.1 Å². The van der Waals surface area contributed by atoms with E-state index in [1.54, 1.807) is 49.4 Å². The molecular formula is C27H29Cl2N3O5S. The first-order valence-corrected chi connectivity index (χ1v) is 13.9. The number of rotatable bonds is 10. The summed E-state index contributed by atoms with van der Waals surface area (Å²) >= 11 is 12.6. The maximum Gasteiger partial charge on any atom is 0.264 e. The molecule has 202 valence electrons. The van der Waals surface area contributed by atoms with E-state index in [0.29, 0.717) is 11.3 Å². The summed E-state index contributed by atoms with van der Waals surface area (Å²) in [5, 5.41) is 2.66. The average Bonchev–Trinajstić information content (AvgIpc) is 2.91. The summed E-state index contributed by atoms with van der Waals surface area (Å²) < 4.78 is 33.8. The van der Waals surface area contributed by atoms with Gasteiger partial charge in [0.05, 0.1) is 27.7 Å². The molecule has 0 radical (unpaired) electrons. The van der Waals surface area contributed by atoms with E-state index in [2.05, 4.69) is 5.32 Å². The Kier molecular flexibility index (Phi) is 9.65. The van der Waals surface area contributed by atoms with Crippen LogP contribution in [0.2, 0.25) is 10.0 Å². The van der Waals surface area contributed by atoms with Gasteiger partial charge < -0.3 is 15.0 Å². The smallest absolute Gasteiger partial charge is 0.264 e. The summed E-state index contributed by atoms with van der Waals surface area (Å²) in [5.74, 6) is -0.442. The second-order valence-electron chi connectivity index (χ2n) is 8.56. The predicted molar refractivity (Wildman–Crippen MR) is 149 cm³/mol. The Morgan fingerprint density at radius 3 is 2.32 bits per heavy atom. The zero-order chi connectivity index (χ0) is 28.0. The highest BCUT2D eigenvalue weighted by Crippen LogP contribution is 2.35. The number of hydrogen-bond donors (Lipinski definition) is 1. The van der Waals surface area contributed by atoms with Gasteiger partial charge in [0.1, 0.15) is 18.3 Å². The lowest BCUT2D eigenvalue weighted by Crippen LogP contribution is -2.50. The molecule has 0 aliphatic heterocycles. The molecule has 3 aromatic carbocycles. The van der Waals surface area contributed by atoms with Crippen molar-refractivity contribution < 1.29 is 22.7 Å². The van der Waals surface area contributed by atoms with E-state index in [0.717, 1.165) is 9.87 Å². The van der Waals surface area contributed by atoms with Gasteiger partial charge in [-0.1, -0.05) is 59.1 Å². The van der Waals surface area contributed by atoms with Crippen LogP contribution in [0.3, 0.4) is 0 Å². The molecule has 1 N–H and O–H groups in total. The number of methoxy groups -OCH3 is 1. The summed E-state index contributed by atoms with van der Waals surface area (Å²) in [6.45, 7) is 2.82. The first-order chi connectivity index (χ1) is 18.0. The third-order valence-corrected chi connectivity index (χ3v) is 8.57. The fourth-order valence-electron chi connectivity index (χ4n) is 3.79. The molecule has 0 aliphatic rings. The number of anilines is 1. The number of carbonyl (C=O) groups is 2. The van der Waals surface area contributed by atoms with E-state index in [4.69, 9.17) is 27.9 Å². The van der Waals surface area contributed by atoms with Crippen LogP contribution in [0.4, 0.5) is 5.69 Å². The van der Waals surface area contributed by atoms with Crippen molar-refractivity contribution in [1.29, 1.82) is 0 Å². The van der Waals surface area contributed by atoms with Crippen LogP contribution in [-0.4, -0.2) is 51.9 Å². The predicted octanol–water partition coefficient (Wildman–Crippen LogP) is 4.67. The maximum absolute atomic E-state index is 13.8. The van der Waals surface area contributed by atoms with Crippen molar-refractivity contribution in [3.63, 3.8) is 0 Å². The number of aryl methyl sites for hydroxylation is 1. The van der Waals surface area contributed by atoms with Gasteiger partial charge in [-0.3, -0.25) is 13.9 Å². The van der Waals surface area contributed by atoms with Gasteiger partial charge >= 0.3 is 0 Å². The minimum Gasteiger partial charge on any atom is -0.497 e. The van der Waals surface area contributed by atoms with Gasteiger partial charge in [0.15, 0.2) is 0 Å². The molecule has 2 amide bonds. The van der Waals surface area contributed by atoms with Gasteiger partial charge in [-0.2, -0.15) is 0 Å². The van der Waals surface area contributed by atoms with E-state index in [-0.39, 0.29) is 27.2 Å². The third kappa shape index (κ3) is 6.59. The van der Waals surface area contributed by atoms with Crippen molar-refractivity contribution in [2.45, 2.75) is 31.3 Å². The molecule has 0 saturated carbocycles. The lowest BCUT2D eigenvalue weighted by Gasteiger charge is -2.32. The zero-order valence-electron chi connectivity index (χ0n) is 21.4. The Morgan fingerprint density at radius 1 is 1.03 bits per heavy atom. The Morgan fingerprint density at radius 2 is 1.68 bits per heavy atom. The number of nitrogens with one attached hydrogen (secondary N) is 1. The van der Waals surface area contributed by atoms with Crippen molar-refractivity contribution >= 4 is 50.7 Å². The highest BCUT2D eigenvalue weighted by Gasteiger charge is 2.33. The quantitative estimate of drug-likeness (QED) is 0.378. The van der Waals surface area contributed by atoms with Gasteiger partial charge in [-0.05, 0) is 55.8 Å². The van der Waals surface area contributed by atoms with Crippen molar-refractivity contribution in [2.75, 3.05) is 25.0 Å². The summed E-state index contributed by atoms with van der Waals surface area (Å²) in [6.07, 6.45) is 0. The number of benzene rings is 3. The number of carbonyl (C=O) groups excluding carboxylic acids is 2. The molecule has 0 spiro atoms. The Balaban J connectivity index is 2.08. The van der Waals surface area contributed by atoms with Crippen molar-refractivity contribution in [3.8, 4) is 5.75 Å². The van der Waals surface area contributed by atoms with Crippen LogP contribution < -0.4 is 14.4 Å². The van der Waals surface area contributed by atoms with E-state index >= 15 is 0 Å². The SMILES string of the molecule is CNC(=O)[C@@H](C)N(Cc1cccc(OC)c1)C(=O)CN(c1cccc(Cl)c1Cl)S(=O)(=O)c1ccc(C)cc1. The molecule has 0 aromatic heterocycles. The van der Waals surface area contributed by atoms with Crippen LogP contribution in [0.15, 0.2) is 71.6 Å². The molecule has 3 aromatic rings. The highest BCUT2D eigenvalue weighted by atomic mass is 35.5. The molecule has 0 fully saturated rings. The first-order valence-electron chi connectivity index (χ1n) is 11.7. The minimum atomic E-state index is -4.25. The number of ether oxygens (including phenoxy) is 1. The molecule has 8 nitrogen and oxygen atoms in total. The molecule has 1 atom stereocenters. The number of nitrogens with zero attached hydrogens (tertiary/aromatic N) is 2. The van der Waals surface area contributed by atoms with Crippen molar-refractivity contribution in [2.24, 2.45) is 0 Å². The molecule has 38 heavy (non-hydrogen) atoms. The van der Waals surface area contributed by atoms with Crippen LogP contribution in [0.5, 0.6) is 5.75 Å². The lowest BCUT2D eigenvalue weighted by molar-refractivity contribution is -0.139. The van der Waals surface area contributed by atoms with Gasteiger partial charge in [-0.25, -0.2) is 8.42 Å². The topological polar surface area (TPSA) is 96.0 Å². The normalized spacial score (nSPS) is 11.9. The Bertz CT molecular complexity index is 1410. The lowest BCUT2D eigenvalue weighted by atomic mass is 10.1. The van der Waals surface area contributed by atoms with Crippen molar-refractivity contribution in [1.82, 2.24) is 10.2 Å². The van der Waals surface area contributed by atoms with E-state index < -0.39 is 34.4 Å². The summed E-state index contributed by atoms with van der Waals surface area (Å²) in [5.41, 5.74) is 1.61. The summed E-state index contributed by atoms with van der Waals surface area (Å²) in [4.78, 5) is 27.7. The van der Waals surface area contributed by atoms with Crippen LogP contribution in [0.25, 0.3) is 0 Å². The number of amides is 2. The maximum atomic E-state index is 13.8. The molecule has 11 heteroatoms. The number of sulfonamides is 1. The number of halogens is 2. The Hall–Kier alpha value is -3.27. The molecule has 0 saturated heterocycles. The molecule has 3 rings (SSSR count). The van der Waals surface area contributed by atoms with Gasteiger partial charge in [-0.15, -0.1) is 0 Å². The molecule has 0 unspecified atom stereocenters. The number of likely N-dealkylation sites (N-methyl/N-ethyl adjacent to an activating group) is 1. The van der Waals surface area contributed by atoms with Crippen LogP contribution in [0, 0.1) is 6.92 Å². The standard InChI is InChI=1S/C27H29Cl2N3O5S/c1-18-11-13-22(14-12-18)38(35,36)32(24-10-6-9-23(28)26(24)29)17-25(33)31(19(2)27(34)30-3)16-20-7-5-8-21(15-20)37-4/h5-15,19H,16-17H2,1-4H3,(H,30,34)/t19-/m1/s1. The number of hydrogen-bond acceptors (Lipinski definition) is 5. The Labute approximate surface area is 233 Å². The molecule has 0 heterocycles. The van der Waals surface area contributed by atoms with Crippen LogP contribution >= 0.6 is 23.2 Å². The second-order valence-corrected chi connectivity index (χ2v) is 11.2. The fraction of sp³-hybridized carbons (Fsp3) is 0.259. The van der Waals surface area contributed by atoms with Gasteiger partial charge in [0.2, 0.25) is 11.8 Å².